The van der Waals surface area contributed by atoms with Crippen molar-refractivity contribution in [3.05, 3.63) is 0 Å². The fourth-order valence-electron chi connectivity index (χ4n) is 1.34. The predicted molar refractivity (Wildman–Crippen MR) is 54.1 cm³/mol. The van der Waals surface area contributed by atoms with Crippen molar-refractivity contribution in [2.24, 2.45) is 19.9 Å². The van der Waals surface area contributed by atoms with Crippen LogP contribution in [-0.2, 0) is 9.47 Å². The SMILES string of the molecule is CO[C@@]1([C@]2(OC)N=NCS2)CN=NS1. The molecular weight excluding hydrogens is 224 g/mol. The van der Waals surface area contributed by atoms with Crippen LogP contribution in [0.5, 0.6) is 0 Å². The minimum absolute atomic E-state index is 0.439. The lowest BCUT2D eigenvalue weighted by Gasteiger charge is -2.36. The molecule has 2 aliphatic rings. The molecule has 0 aromatic heterocycles. The highest BCUT2D eigenvalue weighted by Gasteiger charge is 2.59. The molecule has 2 rings (SSSR count). The summed E-state index contributed by atoms with van der Waals surface area (Å²) in [7, 11) is 3.20. The van der Waals surface area contributed by atoms with Gasteiger partial charge in [-0.15, -0.1) is 9.63 Å². The van der Waals surface area contributed by atoms with Gasteiger partial charge in [0.2, 0.25) is 4.93 Å². The van der Waals surface area contributed by atoms with E-state index in [1.165, 1.54) is 23.7 Å². The maximum atomic E-state index is 5.45. The molecule has 0 aliphatic carbocycles. The third-order valence-electron chi connectivity index (χ3n) is 2.13. The lowest BCUT2D eigenvalue weighted by Crippen LogP contribution is -2.50. The number of azo groups is 1. The topological polar surface area (TPSA) is 67.9 Å². The number of methoxy groups -OCH3 is 2. The molecule has 0 fully saturated rings. The summed E-state index contributed by atoms with van der Waals surface area (Å²) in [6.07, 6.45) is 0. The Labute approximate surface area is 90.1 Å². The first-order valence-electron chi connectivity index (χ1n) is 3.96. The van der Waals surface area contributed by atoms with Crippen molar-refractivity contribution in [1.82, 2.24) is 0 Å². The molecule has 0 saturated heterocycles. The molecule has 0 N–H and O–H groups in total. The zero-order valence-corrected chi connectivity index (χ0v) is 9.47. The Kier molecular flexibility index (Phi) is 2.78. The van der Waals surface area contributed by atoms with Crippen LogP contribution in [-0.4, -0.2) is 36.6 Å². The van der Waals surface area contributed by atoms with Crippen LogP contribution in [0.15, 0.2) is 19.9 Å². The average Bonchev–Trinajstić information content (AvgIpc) is 2.88. The van der Waals surface area contributed by atoms with E-state index < -0.39 is 9.99 Å². The molecular formula is C6H10N4O2S2. The Morgan fingerprint density at radius 1 is 1.21 bits per heavy atom. The molecule has 2 atom stereocenters. The maximum Gasteiger partial charge on any atom is 0.270 e. The number of nitrogens with zero attached hydrogens (tertiary/aromatic N) is 4. The zero-order valence-electron chi connectivity index (χ0n) is 7.84. The molecule has 0 unspecified atom stereocenters. The van der Waals surface area contributed by atoms with Crippen molar-refractivity contribution in [3.8, 4) is 0 Å². The van der Waals surface area contributed by atoms with Crippen LogP contribution in [0.4, 0.5) is 0 Å². The predicted octanol–water partition coefficient (Wildman–Crippen LogP) is 1.90. The Bertz CT molecular complexity index is 277. The first-order chi connectivity index (χ1) is 6.79. The van der Waals surface area contributed by atoms with E-state index >= 15 is 0 Å². The Balaban J connectivity index is 2.29. The van der Waals surface area contributed by atoms with Crippen LogP contribution >= 0.6 is 23.7 Å². The van der Waals surface area contributed by atoms with Gasteiger partial charge in [-0.1, -0.05) is 11.8 Å². The van der Waals surface area contributed by atoms with Gasteiger partial charge in [0.25, 0.3) is 5.06 Å². The molecule has 8 heteroatoms. The fourth-order valence-corrected chi connectivity index (χ4v) is 3.20. The van der Waals surface area contributed by atoms with Gasteiger partial charge in [0.05, 0.1) is 0 Å². The van der Waals surface area contributed by atoms with Crippen LogP contribution in [0.2, 0.25) is 0 Å². The van der Waals surface area contributed by atoms with E-state index in [-0.39, 0.29) is 0 Å². The van der Waals surface area contributed by atoms with Crippen molar-refractivity contribution in [3.63, 3.8) is 0 Å². The summed E-state index contributed by atoms with van der Waals surface area (Å²) < 4.78 is 14.7. The minimum Gasteiger partial charge on any atom is -0.358 e. The molecule has 14 heavy (non-hydrogen) atoms. The molecule has 0 amide bonds. The lowest BCUT2D eigenvalue weighted by atomic mass is 10.3. The molecule has 0 aromatic carbocycles. The quantitative estimate of drug-likeness (QED) is 0.699. The average molecular weight is 234 g/mol. The Morgan fingerprint density at radius 2 is 2.07 bits per heavy atom. The summed E-state index contributed by atoms with van der Waals surface area (Å²) in [6, 6.07) is 0. The molecule has 0 spiro atoms. The van der Waals surface area contributed by atoms with Crippen molar-refractivity contribution in [2.45, 2.75) is 9.99 Å². The summed E-state index contributed by atoms with van der Waals surface area (Å²) >= 11 is 2.74. The third-order valence-corrected chi connectivity index (χ3v) is 4.54. The summed E-state index contributed by atoms with van der Waals surface area (Å²) in [5.74, 6) is 0.583. The lowest BCUT2D eigenvalue weighted by molar-refractivity contribution is -0.0699. The standard InChI is InChI=1S/C6H10N4O2S2/c1-11-5(3-7-10-14-5)6(12-2)9-8-4-13-6/h3-4H2,1-2H3/t5-,6+/m0/s1. The van der Waals surface area contributed by atoms with Crippen molar-refractivity contribution >= 4 is 23.7 Å². The van der Waals surface area contributed by atoms with Crippen LogP contribution in [0.1, 0.15) is 0 Å². The normalized spacial score (nSPS) is 41.0. The smallest absolute Gasteiger partial charge is 0.270 e. The van der Waals surface area contributed by atoms with Gasteiger partial charge in [-0.05, 0) is 0 Å². The molecule has 2 aliphatic heterocycles. The zero-order chi connectivity index (χ0) is 10.1. The third kappa shape index (κ3) is 1.28. The van der Waals surface area contributed by atoms with Gasteiger partial charge in [0.1, 0.15) is 12.4 Å². The number of rotatable bonds is 3. The van der Waals surface area contributed by atoms with Gasteiger partial charge in [0.15, 0.2) is 0 Å². The van der Waals surface area contributed by atoms with E-state index in [0.29, 0.717) is 12.4 Å². The van der Waals surface area contributed by atoms with E-state index in [9.17, 15) is 0 Å². The number of thioether (sulfide) groups is 1. The highest BCUT2D eigenvalue weighted by atomic mass is 32.2. The summed E-state index contributed by atoms with van der Waals surface area (Å²) in [5.41, 5.74) is 0. The maximum absolute atomic E-state index is 5.45. The fraction of sp³-hybridized carbons (Fsp3) is 1.00. The van der Waals surface area contributed by atoms with Crippen LogP contribution < -0.4 is 0 Å². The van der Waals surface area contributed by atoms with Crippen LogP contribution in [0.3, 0.4) is 0 Å². The highest BCUT2D eigenvalue weighted by molar-refractivity contribution is 8.04. The van der Waals surface area contributed by atoms with E-state index in [0.717, 1.165) is 0 Å². The van der Waals surface area contributed by atoms with Gasteiger partial charge >= 0.3 is 0 Å². The second-order valence-corrected chi connectivity index (χ2v) is 4.84. The first-order valence-corrected chi connectivity index (χ1v) is 5.72. The van der Waals surface area contributed by atoms with Crippen molar-refractivity contribution in [2.75, 3.05) is 26.6 Å². The highest BCUT2D eigenvalue weighted by Crippen LogP contribution is 2.52. The first kappa shape index (κ1) is 10.3. The second-order valence-electron chi connectivity index (χ2n) is 2.73. The molecule has 2 heterocycles. The van der Waals surface area contributed by atoms with E-state index in [2.05, 4.69) is 19.9 Å². The van der Waals surface area contributed by atoms with Gasteiger partial charge in [-0.25, -0.2) is 0 Å². The summed E-state index contributed by atoms with van der Waals surface area (Å²) in [4.78, 5) is -0.674. The summed E-state index contributed by atoms with van der Waals surface area (Å²) in [5, 5.41) is 11.1. The van der Waals surface area contributed by atoms with Gasteiger partial charge in [0, 0.05) is 26.2 Å². The van der Waals surface area contributed by atoms with E-state index in [1.54, 1.807) is 14.2 Å². The largest absolute Gasteiger partial charge is 0.358 e. The van der Waals surface area contributed by atoms with Gasteiger partial charge in [-0.2, -0.15) is 10.2 Å². The number of hydrogen-bond donors (Lipinski definition) is 0. The van der Waals surface area contributed by atoms with E-state index in [4.69, 9.17) is 9.47 Å². The Hall–Kier alpha value is -0.180. The number of ether oxygens (including phenoxy) is 2. The van der Waals surface area contributed by atoms with Gasteiger partial charge in [-0.3, -0.25) is 0 Å². The second kappa shape index (κ2) is 3.76. The molecule has 0 radical (unpaired) electrons. The van der Waals surface area contributed by atoms with Crippen molar-refractivity contribution < 1.29 is 9.47 Å². The summed E-state index contributed by atoms with van der Waals surface area (Å²) in [6.45, 7) is 0.439. The van der Waals surface area contributed by atoms with Crippen LogP contribution in [0, 0.1) is 0 Å². The molecule has 0 saturated carbocycles. The molecule has 0 aromatic rings. The molecule has 78 valence electrons. The van der Waals surface area contributed by atoms with Crippen molar-refractivity contribution in [1.29, 1.82) is 0 Å². The van der Waals surface area contributed by atoms with E-state index in [1.807, 2.05) is 0 Å². The number of hydrogen-bond acceptors (Lipinski definition) is 8. The van der Waals surface area contributed by atoms with Crippen LogP contribution in [0.25, 0.3) is 0 Å². The minimum atomic E-state index is -0.810. The monoisotopic (exact) mass is 234 g/mol. The molecule has 0 bridgehead atoms. The molecule has 6 nitrogen and oxygen atoms in total. The van der Waals surface area contributed by atoms with Gasteiger partial charge < -0.3 is 9.47 Å². The Morgan fingerprint density at radius 3 is 2.50 bits per heavy atom.